The second-order valence-electron chi connectivity index (χ2n) is 8.09. The van der Waals surface area contributed by atoms with E-state index < -0.39 is 5.41 Å². The number of carbonyl (C=O) groups is 1. The minimum Gasteiger partial charge on any atom is -0.629 e. The van der Waals surface area contributed by atoms with Gasteiger partial charge in [-0.15, -0.1) is 0 Å². The average molecular weight is 340 g/mol. The topological polar surface area (TPSA) is 57.0 Å². The number of fused-ring (bicyclic) bond motifs is 1. The van der Waals surface area contributed by atoms with Gasteiger partial charge in [0.2, 0.25) is 0 Å². The van der Waals surface area contributed by atoms with Crippen LogP contribution in [-0.4, -0.2) is 43.0 Å². The molecule has 3 aliphatic heterocycles. The molecule has 1 aliphatic carbocycles. The molecule has 0 aromatic heterocycles. The first-order valence-corrected chi connectivity index (χ1v) is 9.24. The van der Waals surface area contributed by atoms with Crippen LogP contribution in [0, 0.1) is 17.0 Å². The highest BCUT2D eigenvalue weighted by Crippen LogP contribution is 2.53. The van der Waals surface area contributed by atoms with Gasteiger partial charge in [0.15, 0.2) is 0 Å². The third kappa shape index (κ3) is 1.86. The molecule has 3 heterocycles. The molecule has 132 valence electrons. The summed E-state index contributed by atoms with van der Waals surface area (Å²) >= 11 is 0. The van der Waals surface area contributed by atoms with Gasteiger partial charge in [-0.25, -0.2) is 0 Å². The average Bonchev–Trinajstić information content (AvgIpc) is 2.90. The van der Waals surface area contributed by atoms with Crippen molar-refractivity contribution in [3.63, 3.8) is 0 Å². The van der Waals surface area contributed by atoms with Gasteiger partial charge in [0.05, 0.1) is 12.7 Å². The Morgan fingerprint density at radius 3 is 3.00 bits per heavy atom. The summed E-state index contributed by atoms with van der Waals surface area (Å²) in [4.78, 5) is 15.7. The van der Waals surface area contributed by atoms with Crippen molar-refractivity contribution in [3.05, 3.63) is 46.8 Å². The van der Waals surface area contributed by atoms with Gasteiger partial charge < -0.3 is 19.9 Å². The zero-order valence-electron chi connectivity index (χ0n) is 14.7. The number of hydrogen-bond acceptors (Lipinski definition) is 4. The Bertz CT molecular complexity index is 776. The van der Waals surface area contributed by atoms with Crippen LogP contribution in [0.25, 0.3) is 0 Å². The van der Waals surface area contributed by atoms with Gasteiger partial charge in [-0.1, -0.05) is 18.2 Å². The second-order valence-corrected chi connectivity index (χ2v) is 8.09. The van der Waals surface area contributed by atoms with Gasteiger partial charge in [-0.2, -0.15) is 0 Å². The zero-order chi connectivity index (χ0) is 17.3. The van der Waals surface area contributed by atoms with E-state index >= 15 is 0 Å². The summed E-state index contributed by atoms with van der Waals surface area (Å²) in [6, 6.07) is 7.51. The van der Waals surface area contributed by atoms with Gasteiger partial charge >= 0.3 is 0 Å². The molecule has 4 aliphatic rings. The maximum absolute atomic E-state index is 13.5. The van der Waals surface area contributed by atoms with Gasteiger partial charge in [0, 0.05) is 43.6 Å². The number of hydroxylamine groups is 1. The monoisotopic (exact) mass is 340 g/mol. The van der Waals surface area contributed by atoms with Crippen molar-refractivity contribution in [2.24, 2.45) is 11.8 Å². The first-order valence-electron chi connectivity index (χ1n) is 9.24. The highest BCUT2D eigenvalue weighted by atomic mass is 16.5. The molecular formula is C20H24N2O3. The molecule has 5 nitrogen and oxygen atoms in total. The van der Waals surface area contributed by atoms with Crippen LogP contribution in [0.4, 0.5) is 5.69 Å². The Kier molecular flexibility index (Phi) is 3.21. The minimum absolute atomic E-state index is 0.0148. The Hall–Kier alpha value is -1.69. The number of benzene rings is 1. The Labute approximate surface area is 147 Å². The number of ketones is 1. The molecular weight excluding hydrogens is 316 g/mol. The lowest BCUT2D eigenvalue weighted by Crippen LogP contribution is -3.08. The van der Waals surface area contributed by atoms with Crippen LogP contribution in [0.5, 0.6) is 0 Å². The van der Waals surface area contributed by atoms with Crippen LogP contribution in [0.15, 0.2) is 36.0 Å². The van der Waals surface area contributed by atoms with Gasteiger partial charge in [-0.3, -0.25) is 4.79 Å². The second kappa shape index (κ2) is 5.16. The maximum atomic E-state index is 13.5. The van der Waals surface area contributed by atoms with E-state index in [0.717, 1.165) is 17.8 Å². The van der Waals surface area contributed by atoms with Crippen LogP contribution in [0.2, 0.25) is 0 Å². The molecule has 0 spiro atoms. The molecule has 3 unspecified atom stereocenters. The Morgan fingerprint density at radius 2 is 2.16 bits per heavy atom. The molecule has 4 bridgehead atoms. The SMILES string of the molecule is CC1OC[C@H]2[C@@H]3[NH+]([O-])c4ccccc4C34CCN(C)/C=C/1[C@@H]2CC4=O. The first kappa shape index (κ1) is 15.6. The number of para-hydroxylation sites is 1. The molecule has 2 fully saturated rings. The van der Waals surface area contributed by atoms with Gasteiger partial charge in [-0.05, 0) is 25.0 Å². The minimum atomic E-state index is -0.656. The van der Waals surface area contributed by atoms with E-state index in [2.05, 4.69) is 25.1 Å². The van der Waals surface area contributed by atoms with E-state index in [0.29, 0.717) is 19.4 Å². The highest BCUT2D eigenvalue weighted by Gasteiger charge is 2.65. The molecule has 0 amide bonds. The fourth-order valence-corrected chi connectivity index (χ4v) is 5.83. The van der Waals surface area contributed by atoms with Crippen LogP contribution >= 0.6 is 0 Å². The number of rotatable bonds is 0. The van der Waals surface area contributed by atoms with Crippen LogP contribution < -0.4 is 5.06 Å². The molecule has 1 saturated heterocycles. The maximum Gasteiger partial charge on any atom is 0.150 e. The summed E-state index contributed by atoms with van der Waals surface area (Å²) in [6.07, 6.45) is 3.43. The number of nitrogens with zero attached hydrogens (tertiary/aromatic N) is 1. The number of hydrogen-bond donors (Lipinski definition) is 1. The third-order valence-corrected chi connectivity index (χ3v) is 7.00. The van der Waals surface area contributed by atoms with E-state index in [1.807, 2.05) is 24.3 Å². The largest absolute Gasteiger partial charge is 0.629 e. The Balaban J connectivity index is 1.75. The molecule has 5 heteroatoms. The van der Waals surface area contributed by atoms with Gasteiger partial charge in [0.1, 0.15) is 22.9 Å². The summed E-state index contributed by atoms with van der Waals surface area (Å²) in [5.74, 6) is 0.493. The number of ether oxygens (including phenoxy) is 1. The van der Waals surface area contributed by atoms with Crippen LogP contribution in [0.1, 0.15) is 25.3 Å². The molecule has 1 aromatic rings. The van der Waals surface area contributed by atoms with E-state index in [4.69, 9.17) is 4.74 Å². The van der Waals surface area contributed by atoms with Crippen molar-refractivity contribution < 1.29 is 14.6 Å². The molecule has 0 radical (unpaired) electrons. The van der Waals surface area contributed by atoms with Crippen molar-refractivity contribution >= 4 is 11.5 Å². The molecule has 6 atom stereocenters. The molecule has 1 saturated carbocycles. The summed E-state index contributed by atoms with van der Waals surface area (Å²) < 4.78 is 6.07. The summed E-state index contributed by atoms with van der Waals surface area (Å²) in [5, 5.41) is 13.5. The number of quaternary nitrogens is 1. The van der Waals surface area contributed by atoms with E-state index in [9.17, 15) is 10.0 Å². The van der Waals surface area contributed by atoms with Crippen molar-refractivity contribution in [3.8, 4) is 0 Å². The van der Waals surface area contributed by atoms with Crippen LogP contribution in [0.3, 0.4) is 0 Å². The quantitative estimate of drug-likeness (QED) is 0.720. The van der Waals surface area contributed by atoms with Crippen LogP contribution in [-0.2, 0) is 14.9 Å². The Morgan fingerprint density at radius 1 is 1.36 bits per heavy atom. The molecule has 1 N–H and O–H groups in total. The van der Waals surface area contributed by atoms with Crippen molar-refractivity contribution in [2.75, 3.05) is 20.2 Å². The summed E-state index contributed by atoms with van der Waals surface area (Å²) in [6.45, 7) is 3.41. The van der Waals surface area contributed by atoms with Gasteiger partial charge in [0.25, 0.3) is 0 Å². The van der Waals surface area contributed by atoms with Crippen molar-refractivity contribution in [2.45, 2.75) is 37.3 Å². The molecule has 25 heavy (non-hydrogen) atoms. The fourth-order valence-electron chi connectivity index (χ4n) is 5.83. The molecule has 5 rings (SSSR count). The first-order chi connectivity index (χ1) is 12.0. The van der Waals surface area contributed by atoms with E-state index in [1.165, 1.54) is 5.57 Å². The lowest BCUT2D eigenvalue weighted by Gasteiger charge is -2.50. The predicted molar refractivity (Wildman–Crippen MR) is 93.2 cm³/mol. The highest BCUT2D eigenvalue weighted by molar-refractivity contribution is 5.94. The smallest absolute Gasteiger partial charge is 0.150 e. The lowest BCUT2D eigenvalue weighted by atomic mass is 9.57. The third-order valence-electron chi connectivity index (χ3n) is 7.00. The number of Topliss-reactive ketones (excluding diaryl/α,β-unsaturated/α-hetero) is 1. The summed E-state index contributed by atoms with van der Waals surface area (Å²) in [7, 11) is 2.06. The van der Waals surface area contributed by atoms with Crippen molar-refractivity contribution in [1.82, 2.24) is 4.90 Å². The fraction of sp³-hybridized carbons (Fsp3) is 0.550. The number of carbonyl (C=O) groups excluding carboxylic acids is 1. The summed E-state index contributed by atoms with van der Waals surface area (Å²) in [5.41, 5.74) is 2.25. The zero-order valence-corrected chi connectivity index (χ0v) is 14.7. The van der Waals surface area contributed by atoms with E-state index in [-0.39, 0.29) is 34.8 Å². The standard InChI is InChI=1S/C20H24N2O3/c1-12-14-10-21(2)8-7-20-16-5-3-4-6-17(16)22(24)19(20)15(11-25-12)13(14)9-18(20)23/h3-6,10,12-13,15,19,22H,7-9,11H2,1-2H3/b14-10-/t12?,13-,15+,19-,20?/m0/s1. The normalized spacial score (nSPS) is 44.3. The van der Waals surface area contributed by atoms with E-state index in [1.54, 1.807) is 0 Å². The lowest BCUT2D eigenvalue weighted by molar-refractivity contribution is -0.810. The molecule has 1 aromatic carbocycles. The number of nitrogens with one attached hydrogen (secondary N) is 1. The predicted octanol–water partition coefficient (Wildman–Crippen LogP) is 1.16. The van der Waals surface area contributed by atoms with Crippen molar-refractivity contribution in [1.29, 1.82) is 0 Å².